The van der Waals surface area contributed by atoms with Crippen LogP contribution in [0.3, 0.4) is 0 Å². The monoisotopic (exact) mass is 539 g/mol. The Morgan fingerprint density at radius 3 is 2.48 bits per heavy atom. The van der Waals surface area contributed by atoms with Gasteiger partial charge in [-0.15, -0.1) is 24.0 Å². The summed E-state index contributed by atoms with van der Waals surface area (Å²) in [6.07, 6.45) is 4.43. The molecule has 1 saturated heterocycles. The normalized spacial score (nSPS) is 16.1. The number of hydrogen-bond acceptors (Lipinski definition) is 4. The van der Waals surface area contributed by atoms with Gasteiger partial charge in [0.2, 0.25) is 5.89 Å². The molecule has 6 nitrogen and oxygen atoms in total. The third-order valence-corrected chi connectivity index (χ3v) is 5.66. The summed E-state index contributed by atoms with van der Waals surface area (Å²) in [5, 5.41) is 6.67. The Morgan fingerprint density at radius 1 is 1.16 bits per heavy atom. The standard InChI is InChI=1S/C24H37N5O.HI/c1-18-9-11-29(12-10-18)17-20-8-6-7-19(13-20)14-27-23(25-5)28-16-22-26-15-21(30-22)24(2,3)4;/h6-8,13,15,18H,9-12,14,16-17H2,1-5H3,(H2,25,27,28);1H. The maximum atomic E-state index is 5.84. The Bertz CT molecular complexity index is 834. The van der Waals surface area contributed by atoms with Crippen LogP contribution in [0.2, 0.25) is 0 Å². The molecule has 0 radical (unpaired) electrons. The van der Waals surface area contributed by atoms with Crippen molar-refractivity contribution in [3.05, 3.63) is 53.2 Å². The number of hydrogen-bond donors (Lipinski definition) is 2. The predicted octanol–water partition coefficient (Wildman–Crippen LogP) is 4.69. The Kier molecular flexibility index (Phi) is 9.81. The fourth-order valence-corrected chi connectivity index (χ4v) is 3.62. The molecule has 2 aromatic rings. The lowest BCUT2D eigenvalue weighted by Gasteiger charge is -2.30. The van der Waals surface area contributed by atoms with E-state index in [0.29, 0.717) is 12.4 Å². The summed E-state index contributed by atoms with van der Waals surface area (Å²) in [7, 11) is 1.78. The van der Waals surface area contributed by atoms with Crippen molar-refractivity contribution in [2.24, 2.45) is 10.9 Å². The second-order valence-electron chi connectivity index (χ2n) is 9.43. The molecule has 0 spiro atoms. The molecule has 0 amide bonds. The molecule has 172 valence electrons. The zero-order chi connectivity index (χ0) is 21.6. The molecule has 31 heavy (non-hydrogen) atoms. The van der Waals surface area contributed by atoms with Crippen molar-refractivity contribution in [2.75, 3.05) is 20.1 Å². The molecule has 0 bridgehead atoms. The molecule has 0 aliphatic carbocycles. The van der Waals surface area contributed by atoms with Gasteiger partial charge in [-0.05, 0) is 43.0 Å². The molecule has 1 aliphatic rings. The van der Waals surface area contributed by atoms with Gasteiger partial charge >= 0.3 is 0 Å². The highest BCUT2D eigenvalue weighted by Crippen LogP contribution is 2.22. The van der Waals surface area contributed by atoms with Gasteiger partial charge in [0.1, 0.15) is 5.76 Å². The minimum absolute atomic E-state index is 0. The molecule has 2 heterocycles. The summed E-state index contributed by atoms with van der Waals surface area (Å²) in [6.45, 7) is 13.4. The lowest BCUT2D eigenvalue weighted by Crippen LogP contribution is -2.36. The van der Waals surface area contributed by atoms with Crippen LogP contribution in [-0.2, 0) is 25.0 Å². The highest BCUT2D eigenvalue weighted by atomic mass is 127. The molecule has 1 aromatic heterocycles. The van der Waals surface area contributed by atoms with Crippen molar-refractivity contribution in [2.45, 2.75) is 65.6 Å². The van der Waals surface area contributed by atoms with E-state index in [1.807, 2.05) is 6.20 Å². The van der Waals surface area contributed by atoms with Gasteiger partial charge in [0.25, 0.3) is 0 Å². The van der Waals surface area contributed by atoms with Crippen LogP contribution in [0.1, 0.15) is 63.3 Å². The fourth-order valence-electron chi connectivity index (χ4n) is 3.62. The molecule has 1 fully saturated rings. The van der Waals surface area contributed by atoms with Crippen LogP contribution >= 0.6 is 24.0 Å². The lowest BCUT2D eigenvalue weighted by molar-refractivity contribution is 0.185. The van der Waals surface area contributed by atoms with E-state index in [4.69, 9.17) is 4.42 Å². The summed E-state index contributed by atoms with van der Waals surface area (Å²) in [5.41, 5.74) is 2.59. The predicted molar refractivity (Wildman–Crippen MR) is 138 cm³/mol. The van der Waals surface area contributed by atoms with E-state index >= 15 is 0 Å². The maximum Gasteiger partial charge on any atom is 0.213 e. The minimum atomic E-state index is -0.0391. The second kappa shape index (κ2) is 11.9. The van der Waals surface area contributed by atoms with E-state index in [2.05, 4.69) is 77.5 Å². The van der Waals surface area contributed by atoms with Gasteiger partial charge in [-0.2, -0.15) is 0 Å². The topological polar surface area (TPSA) is 65.7 Å². The van der Waals surface area contributed by atoms with Gasteiger partial charge in [0.05, 0.1) is 12.7 Å². The summed E-state index contributed by atoms with van der Waals surface area (Å²) < 4.78 is 5.84. The SMILES string of the molecule is CN=C(NCc1cccc(CN2CCC(C)CC2)c1)NCc1ncc(C(C)(C)C)o1.I. The number of nitrogens with one attached hydrogen (secondary N) is 2. The Labute approximate surface area is 204 Å². The fraction of sp³-hybridized carbons (Fsp3) is 0.583. The van der Waals surface area contributed by atoms with Crippen LogP contribution in [0.5, 0.6) is 0 Å². The lowest BCUT2D eigenvalue weighted by atomic mass is 9.94. The third-order valence-electron chi connectivity index (χ3n) is 5.66. The molecular weight excluding hydrogens is 501 g/mol. The summed E-state index contributed by atoms with van der Waals surface area (Å²) in [4.78, 5) is 11.2. The van der Waals surface area contributed by atoms with Crippen molar-refractivity contribution in [3.63, 3.8) is 0 Å². The van der Waals surface area contributed by atoms with Gasteiger partial charge in [-0.1, -0.05) is 52.0 Å². The van der Waals surface area contributed by atoms with E-state index in [1.54, 1.807) is 7.05 Å². The third kappa shape index (κ3) is 8.11. The largest absolute Gasteiger partial charge is 0.443 e. The second-order valence-corrected chi connectivity index (χ2v) is 9.43. The molecular formula is C24H38IN5O. The quantitative estimate of drug-likeness (QED) is 0.317. The maximum absolute atomic E-state index is 5.84. The van der Waals surface area contributed by atoms with E-state index in [1.165, 1.54) is 37.1 Å². The average Bonchev–Trinajstić information content (AvgIpc) is 3.20. The Morgan fingerprint density at radius 2 is 1.84 bits per heavy atom. The van der Waals surface area contributed by atoms with E-state index < -0.39 is 0 Å². The van der Waals surface area contributed by atoms with Crippen molar-refractivity contribution in [3.8, 4) is 0 Å². The van der Waals surface area contributed by atoms with Crippen LogP contribution in [0, 0.1) is 5.92 Å². The van der Waals surface area contributed by atoms with E-state index in [-0.39, 0.29) is 29.4 Å². The first-order valence-electron chi connectivity index (χ1n) is 11.0. The number of benzene rings is 1. The van der Waals surface area contributed by atoms with Crippen molar-refractivity contribution < 1.29 is 4.42 Å². The average molecular weight is 540 g/mol. The molecule has 0 unspecified atom stereocenters. The Hall–Kier alpha value is -1.61. The number of nitrogens with zero attached hydrogens (tertiary/aromatic N) is 3. The van der Waals surface area contributed by atoms with Crippen LogP contribution in [0.25, 0.3) is 0 Å². The number of rotatable bonds is 6. The smallest absolute Gasteiger partial charge is 0.213 e. The number of aliphatic imine (C=N–C) groups is 1. The molecule has 7 heteroatoms. The van der Waals surface area contributed by atoms with Crippen LogP contribution < -0.4 is 10.6 Å². The Balaban J connectivity index is 0.00000341. The number of oxazole rings is 1. The summed E-state index contributed by atoms with van der Waals surface area (Å²) in [5.74, 6) is 3.16. The van der Waals surface area contributed by atoms with Gasteiger partial charge in [0.15, 0.2) is 5.96 Å². The van der Waals surface area contributed by atoms with Gasteiger partial charge in [0, 0.05) is 25.6 Å². The molecule has 1 aliphatic heterocycles. The molecule has 1 aromatic carbocycles. The molecule has 3 rings (SSSR count). The first-order valence-corrected chi connectivity index (χ1v) is 11.0. The van der Waals surface area contributed by atoms with Crippen molar-refractivity contribution in [1.29, 1.82) is 0 Å². The van der Waals surface area contributed by atoms with Crippen LogP contribution in [0.15, 0.2) is 39.9 Å². The summed E-state index contributed by atoms with van der Waals surface area (Å²) >= 11 is 0. The zero-order valence-corrected chi connectivity index (χ0v) is 21.9. The van der Waals surface area contributed by atoms with Crippen LogP contribution in [-0.4, -0.2) is 36.0 Å². The highest BCUT2D eigenvalue weighted by molar-refractivity contribution is 14.0. The van der Waals surface area contributed by atoms with Gasteiger partial charge in [-0.3, -0.25) is 9.89 Å². The number of likely N-dealkylation sites (tertiary alicyclic amines) is 1. The molecule has 2 N–H and O–H groups in total. The first-order chi connectivity index (χ1) is 14.3. The van der Waals surface area contributed by atoms with Crippen molar-refractivity contribution >= 4 is 29.9 Å². The van der Waals surface area contributed by atoms with Crippen LogP contribution in [0.4, 0.5) is 0 Å². The van der Waals surface area contributed by atoms with E-state index in [0.717, 1.165) is 30.7 Å². The highest BCUT2D eigenvalue weighted by Gasteiger charge is 2.19. The van der Waals surface area contributed by atoms with E-state index in [9.17, 15) is 0 Å². The molecule has 0 saturated carbocycles. The number of halogens is 1. The number of aromatic nitrogens is 1. The zero-order valence-electron chi connectivity index (χ0n) is 19.6. The first kappa shape index (κ1) is 25.6. The van der Waals surface area contributed by atoms with Gasteiger partial charge < -0.3 is 15.1 Å². The summed E-state index contributed by atoms with van der Waals surface area (Å²) in [6, 6.07) is 8.83. The van der Waals surface area contributed by atoms with Crippen molar-refractivity contribution in [1.82, 2.24) is 20.5 Å². The van der Waals surface area contributed by atoms with Gasteiger partial charge in [-0.25, -0.2) is 4.98 Å². The number of piperidine rings is 1. The number of guanidine groups is 1. The minimum Gasteiger partial charge on any atom is -0.443 e. The molecule has 0 atom stereocenters.